The summed E-state index contributed by atoms with van der Waals surface area (Å²) < 4.78 is 17.7. The summed E-state index contributed by atoms with van der Waals surface area (Å²) in [5.41, 5.74) is 4.53. The zero-order valence-corrected chi connectivity index (χ0v) is 18.7. The molecule has 0 atom stereocenters. The third kappa shape index (κ3) is 4.15. The minimum atomic E-state index is -0.0927. The first-order chi connectivity index (χ1) is 16.1. The van der Waals surface area contributed by atoms with E-state index in [1.165, 1.54) is 0 Å². The Kier molecular flexibility index (Phi) is 5.71. The number of para-hydroxylation sites is 1. The number of hydrogen-bond acceptors (Lipinski definition) is 5. The lowest BCUT2D eigenvalue weighted by atomic mass is 9.98. The molecular weight excluding hydrogens is 414 g/mol. The number of ketones is 1. The minimum absolute atomic E-state index is 0.0927. The van der Waals surface area contributed by atoms with Gasteiger partial charge in [0, 0.05) is 18.7 Å². The predicted molar refractivity (Wildman–Crippen MR) is 127 cm³/mol. The average Bonchev–Trinajstić information content (AvgIpc) is 3.17. The molecule has 0 radical (unpaired) electrons. The largest absolute Gasteiger partial charge is 0.496 e. The summed E-state index contributed by atoms with van der Waals surface area (Å²) in [6.45, 7) is 3.67. The van der Waals surface area contributed by atoms with E-state index in [9.17, 15) is 4.79 Å². The molecule has 0 saturated heterocycles. The monoisotopic (exact) mass is 439 g/mol. The van der Waals surface area contributed by atoms with Gasteiger partial charge in [0.25, 0.3) is 0 Å². The maximum absolute atomic E-state index is 13.1. The van der Waals surface area contributed by atoms with Gasteiger partial charge in [-0.15, -0.1) is 0 Å². The van der Waals surface area contributed by atoms with Crippen LogP contribution in [-0.4, -0.2) is 24.5 Å². The first-order valence-electron chi connectivity index (χ1n) is 10.9. The number of nitrogens with zero attached hydrogens (tertiary/aromatic N) is 1. The summed E-state index contributed by atoms with van der Waals surface area (Å²) in [5.74, 6) is 2.47. The molecule has 0 unspecified atom stereocenters. The molecule has 0 fully saturated rings. The van der Waals surface area contributed by atoms with E-state index in [0.29, 0.717) is 36.9 Å². The molecule has 5 nitrogen and oxygen atoms in total. The van der Waals surface area contributed by atoms with Crippen molar-refractivity contribution >= 4 is 11.9 Å². The average molecular weight is 440 g/mol. The van der Waals surface area contributed by atoms with Gasteiger partial charge in [0.2, 0.25) is 5.78 Å². The van der Waals surface area contributed by atoms with E-state index in [0.717, 1.165) is 33.8 Å². The molecular formula is C28H25NO4. The Morgan fingerprint density at radius 2 is 1.88 bits per heavy atom. The van der Waals surface area contributed by atoms with Gasteiger partial charge in [-0.25, -0.2) is 0 Å². The molecule has 2 aliphatic heterocycles. The molecule has 5 heteroatoms. The second kappa shape index (κ2) is 8.96. The summed E-state index contributed by atoms with van der Waals surface area (Å²) in [4.78, 5) is 15.3. The number of rotatable bonds is 5. The Morgan fingerprint density at radius 3 is 2.70 bits per heavy atom. The van der Waals surface area contributed by atoms with Crippen LogP contribution in [0, 0.1) is 6.92 Å². The predicted octanol–water partition coefficient (Wildman–Crippen LogP) is 5.53. The Bertz CT molecular complexity index is 1260. The smallest absolute Gasteiger partial charge is 0.232 e. The highest BCUT2D eigenvalue weighted by atomic mass is 16.5. The molecule has 2 aliphatic rings. The second-order valence-electron chi connectivity index (χ2n) is 8.18. The van der Waals surface area contributed by atoms with Crippen molar-refractivity contribution in [2.45, 2.75) is 20.0 Å². The van der Waals surface area contributed by atoms with Crippen LogP contribution in [0.4, 0.5) is 0 Å². The first kappa shape index (κ1) is 21.0. The molecule has 0 spiro atoms. The van der Waals surface area contributed by atoms with E-state index in [-0.39, 0.29) is 5.78 Å². The normalized spacial score (nSPS) is 16.4. The quantitative estimate of drug-likeness (QED) is 0.490. The maximum atomic E-state index is 13.1. The van der Waals surface area contributed by atoms with Crippen LogP contribution in [0.2, 0.25) is 0 Å². The van der Waals surface area contributed by atoms with E-state index in [1.807, 2.05) is 79.7 Å². The molecule has 2 heterocycles. The number of Topliss-reactive ketones (excluding diaryl/α,β-unsaturated/α-hetero) is 1. The molecule has 0 aromatic heterocycles. The summed E-state index contributed by atoms with van der Waals surface area (Å²) in [6.07, 6.45) is 5.53. The lowest BCUT2D eigenvalue weighted by Crippen LogP contribution is -2.32. The van der Waals surface area contributed by atoms with Crippen molar-refractivity contribution in [3.8, 4) is 17.2 Å². The first-order valence-corrected chi connectivity index (χ1v) is 10.9. The summed E-state index contributed by atoms with van der Waals surface area (Å²) in [5, 5.41) is 0. The van der Waals surface area contributed by atoms with Crippen molar-refractivity contribution in [1.82, 2.24) is 4.90 Å². The molecule has 0 aliphatic carbocycles. The number of benzene rings is 3. The molecule has 166 valence electrons. The van der Waals surface area contributed by atoms with Gasteiger partial charge in [0.15, 0.2) is 5.76 Å². The SMILES string of the molecule is COc1ccccc1CN1COc2cc(C)c3c(c2C1)O/C(=C\C=C\c1ccccc1)C3=O. The van der Waals surface area contributed by atoms with Gasteiger partial charge in [-0.1, -0.05) is 60.7 Å². The summed E-state index contributed by atoms with van der Waals surface area (Å²) >= 11 is 0. The minimum Gasteiger partial charge on any atom is -0.496 e. The Hall–Kier alpha value is -3.83. The van der Waals surface area contributed by atoms with E-state index in [1.54, 1.807) is 13.2 Å². The molecule has 0 N–H and O–H groups in total. The van der Waals surface area contributed by atoms with Crippen LogP contribution in [0.15, 0.2) is 78.6 Å². The maximum Gasteiger partial charge on any atom is 0.232 e. The number of fused-ring (bicyclic) bond motifs is 3. The van der Waals surface area contributed by atoms with Crippen molar-refractivity contribution in [2.75, 3.05) is 13.8 Å². The number of allylic oxidation sites excluding steroid dienone is 3. The van der Waals surface area contributed by atoms with Gasteiger partial charge in [-0.2, -0.15) is 0 Å². The van der Waals surface area contributed by atoms with Crippen molar-refractivity contribution in [2.24, 2.45) is 0 Å². The van der Waals surface area contributed by atoms with Crippen LogP contribution >= 0.6 is 0 Å². The fourth-order valence-corrected chi connectivity index (χ4v) is 4.28. The van der Waals surface area contributed by atoms with Crippen LogP contribution in [0.1, 0.15) is 32.6 Å². The number of hydrogen-bond donors (Lipinski definition) is 0. The van der Waals surface area contributed by atoms with E-state index in [2.05, 4.69) is 4.90 Å². The van der Waals surface area contributed by atoms with Gasteiger partial charge < -0.3 is 14.2 Å². The lowest BCUT2D eigenvalue weighted by Gasteiger charge is -2.30. The van der Waals surface area contributed by atoms with Crippen LogP contribution in [0.5, 0.6) is 17.2 Å². The zero-order chi connectivity index (χ0) is 22.8. The molecule has 3 aromatic rings. The molecule has 5 rings (SSSR count). The van der Waals surface area contributed by atoms with E-state index >= 15 is 0 Å². The lowest BCUT2D eigenvalue weighted by molar-refractivity contribution is 0.0864. The zero-order valence-electron chi connectivity index (χ0n) is 18.7. The molecule has 0 saturated carbocycles. The van der Waals surface area contributed by atoms with Crippen LogP contribution in [-0.2, 0) is 13.1 Å². The standard InChI is InChI=1S/C28H25NO4/c1-19-15-25-22(17-29(18-32-25)16-21-12-6-7-13-23(21)31-2)28-26(19)27(30)24(33-28)14-8-11-20-9-4-3-5-10-20/h3-15H,16-18H2,1-2H3/b11-8+,24-14-. The van der Waals surface area contributed by atoms with Crippen LogP contribution in [0.25, 0.3) is 6.08 Å². The molecule has 0 bridgehead atoms. The number of methoxy groups -OCH3 is 1. The van der Waals surface area contributed by atoms with Gasteiger partial charge in [-0.3, -0.25) is 9.69 Å². The fraction of sp³-hybridized carbons (Fsp3) is 0.179. The van der Waals surface area contributed by atoms with Crippen LogP contribution < -0.4 is 14.2 Å². The van der Waals surface area contributed by atoms with Crippen molar-refractivity contribution in [1.29, 1.82) is 0 Å². The van der Waals surface area contributed by atoms with Gasteiger partial charge in [-0.05, 0) is 36.3 Å². The number of carbonyl (C=O) groups excluding carboxylic acids is 1. The third-order valence-corrected chi connectivity index (χ3v) is 5.91. The third-order valence-electron chi connectivity index (χ3n) is 5.91. The number of ether oxygens (including phenoxy) is 3. The Morgan fingerprint density at radius 1 is 1.09 bits per heavy atom. The van der Waals surface area contributed by atoms with Crippen molar-refractivity contribution < 1.29 is 19.0 Å². The van der Waals surface area contributed by atoms with Crippen molar-refractivity contribution in [3.05, 3.63) is 106 Å². The fourth-order valence-electron chi connectivity index (χ4n) is 4.28. The topological polar surface area (TPSA) is 48.0 Å². The molecule has 0 amide bonds. The molecule has 3 aromatic carbocycles. The van der Waals surface area contributed by atoms with E-state index < -0.39 is 0 Å². The van der Waals surface area contributed by atoms with Gasteiger partial charge >= 0.3 is 0 Å². The number of aryl methyl sites for hydroxylation is 1. The highest BCUT2D eigenvalue weighted by Crippen LogP contribution is 2.44. The highest BCUT2D eigenvalue weighted by Gasteiger charge is 2.35. The number of carbonyl (C=O) groups is 1. The Balaban J connectivity index is 1.41. The van der Waals surface area contributed by atoms with Crippen molar-refractivity contribution in [3.63, 3.8) is 0 Å². The highest BCUT2D eigenvalue weighted by molar-refractivity contribution is 6.14. The summed E-state index contributed by atoms with van der Waals surface area (Å²) in [6, 6.07) is 19.9. The van der Waals surface area contributed by atoms with Crippen LogP contribution in [0.3, 0.4) is 0 Å². The second-order valence-corrected chi connectivity index (χ2v) is 8.18. The van der Waals surface area contributed by atoms with Gasteiger partial charge in [0.1, 0.15) is 24.0 Å². The summed E-state index contributed by atoms with van der Waals surface area (Å²) in [7, 11) is 1.68. The molecule has 33 heavy (non-hydrogen) atoms. The van der Waals surface area contributed by atoms with Gasteiger partial charge in [0.05, 0.1) is 18.2 Å². The Labute approximate surface area is 193 Å². The van der Waals surface area contributed by atoms with E-state index in [4.69, 9.17) is 14.2 Å².